The Bertz CT molecular complexity index is 501. The van der Waals surface area contributed by atoms with Gasteiger partial charge in [0, 0.05) is 4.70 Å². The summed E-state index contributed by atoms with van der Waals surface area (Å²) in [7, 11) is 0. The predicted molar refractivity (Wildman–Crippen MR) is 66.9 cm³/mol. The molecule has 0 saturated carbocycles. The van der Waals surface area contributed by atoms with Gasteiger partial charge in [0.15, 0.2) is 0 Å². The van der Waals surface area contributed by atoms with Crippen LogP contribution in [-0.4, -0.2) is 11.1 Å². The molecule has 16 heavy (non-hydrogen) atoms. The topological polar surface area (TPSA) is 37.3 Å². The third kappa shape index (κ3) is 2.25. The lowest BCUT2D eigenvalue weighted by atomic mass is 10.0. The highest BCUT2D eigenvalue weighted by Crippen LogP contribution is 2.27. The van der Waals surface area contributed by atoms with Crippen molar-refractivity contribution >= 4 is 27.4 Å². The second kappa shape index (κ2) is 4.66. The quantitative estimate of drug-likeness (QED) is 0.878. The van der Waals surface area contributed by atoms with E-state index in [9.17, 15) is 4.79 Å². The molecule has 0 amide bonds. The molecule has 2 nitrogen and oxygen atoms in total. The average Bonchev–Trinajstić information content (AvgIpc) is 2.69. The number of carboxylic acid groups (broad SMARTS) is 1. The van der Waals surface area contributed by atoms with Gasteiger partial charge in [-0.25, -0.2) is 0 Å². The number of aryl methyl sites for hydroxylation is 1. The second-order valence-corrected chi connectivity index (χ2v) is 4.95. The van der Waals surface area contributed by atoms with Crippen LogP contribution in [0.4, 0.5) is 0 Å². The Kier molecular flexibility index (Phi) is 3.25. The van der Waals surface area contributed by atoms with Crippen LogP contribution in [0.15, 0.2) is 29.6 Å². The lowest BCUT2D eigenvalue weighted by Gasteiger charge is -2.04. The van der Waals surface area contributed by atoms with Gasteiger partial charge in [-0.2, -0.15) is 0 Å². The highest BCUT2D eigenvalue weighted by Gasteiger charge is 2.12. The number of carboxylic acids is 1. The fourth-order valence-corrected chi connectivity index (χ4v) is 2.72. The number of carbonyl (C=O) groups is 1. The molecule has 1 unspecified atom stereocenters. The summed E-state index contributed by atoms with van der Waals surface area (Å²) in [6.07, 6.45) is 1.55. The smallest absolute Gasteiger partial charge is 0.306 e. The number of aliphatic carboxylic acids is 1. The van der Waals surface area contributed by atoms with E-state index in [1.807, 2.05) is 12.1 Å². The Morgan fingerprint density at radius 3 is 2.94 bits per heavy atom. The molecule has 1 N–H and O–H groups in total. The highest BCUT2D eigenvalue weighted by molar-refractivity contribution is 7.17. The summed E-state index contributed by atoms with van der Waals surface area (Å²) in [6, 6.07) is 8.26. The van der Waals surface area contributed by atoms with E-state index in [0.717, 1.165) is 6.42 Å². The largest absolute Gasteiger partial charge is 0.481 e. The Morgan fingerprint density at radius 1 is 1.44 bits per heavy atom. The molecule has 0 radical (unpaired) electrons. The molecule has 1 aromatic heterocycles. The first-order valence-corrected chi connectivity index (χ1v) is 6.24. The SMILES string of the molecule is CC(CCc1csc2ccccc12)C(=O)O. The summed E-state index contributed by atoms with van der Waals surface area (Å²) in [4.78, 5) is 10.7. The molecular formula is C13H14O2S. The first-order chi connectivity index (χ1) is 7.68. The minimum atomic E-state index is -0.709. The molecule has 0 spiro atoms. The first kappa shape index (κ1) is 11.1. The van der Waals surface area contributed by atoms with Crippen molar-refractivity contribution in [2.75, 3.05) is 0 Å². The maximum absolute atomic E-state index is 10.7. The van der Waals surface area contributed by atoms with Crippen LogP contribution in [0.3, 0.4) is 0 Å². The van der Waals surface area contributed by atoms with Crippen molar-refractivity contribution in [1.29, 1.82) is 0 Å². The molecule has 3 heteroatoms. The van der Waals surface area contributed by atoms with Gasteiger partial charge in [-0.3, -0.25) is 4.79 Å². The van der Waals surface area contributed by atoms with E-state index in [-0.39, 0.29) is 5.92 Å². The summed E-state index contributed by atoms with van der Waals surface area (Å²) in [6.45, 7) is 1.76. The molecule has 0 fully saturated rings. The van der Waals surface area contributed by atoms with Gasteiger partial charge in [-0.1, -0.05) is 25.1 Å². The summed E-state index contributed by atoms with van der Waals surface area (Å²) in [5, 5.41) is 12.2. The van der Waals surface area contributed by atoms with Gasteiger partial charge in [0.05, 0.1) is 5.92 Å². The average molecular weight is 234 g/mol. The standard InChI is InChI=1S/C13H14O2S/c1-9(13(14)15)6-7-10-8-16-12-5-3-2-4-11(10)12/h2-5,8-9H,6-7H2,1H3,(H,14,15). The Labute approximate surface area is 98.5 Å². The van der Waals surface area contributed by atoms with Crippen molar-refractivity contribution in [2.24, 2.45) is 5.92 Å². The summed E-state index contributed by atoms with van der Waals surface area (Å²) in [5.41, 5.74) is 1.27. The second-order valence-electron chi connectivity index (χ2n) is 4.04. The molecule has 0 aliphatic carbocycles. The molecule has 1 aromatic carbocycles. The zero-order valence-corrected chi connectivity index (χ0v) is 9.96. The molecule has 0 aliphatic rings. The van der Waals surface area contributed by atoms with E-state index in [0.29, 0.717) is 6.42 Å². The van der Waals surface area contributed by atoms with Crippen LogP contribution in [0.1, 0.15) is 18.9 Å². The van der Waals surface area contributed by atoms with Crippen LogP contribution in [0.25, 0.3) is 10.1 Å². The zero-order valence-electron chi connectivity index (χ0n) is 9.14. The van der Waals surface area contributed by atoms with Crippen LogP contribution in [0.5, 0.6) is 0 Å². The van der Waals surface area contributed by atoms with E-state index >= 15 is 0 Å². The van der Waals surface area contributed by atoms with Gasteiger partial charge < -0.3 is 5.11 Å². The van der Waals surface area contributed by atoms with Crippen LogP contribution < -0.4 is 0 Å². The van der Waals surface area contributed by atoms with Crippen molar-refractivity contribution in [3.63, 3.8) is 0 Å². The fourth-order valence-electron chi connectivity index (χ4n) is 1.72. The highest BCUT2D eigenvalue weighted by atomic mass is 32.1. The van der Waals surface area contributed by atoms with Crippen molar-refractivity contribution in [3.8, 4) is 0 Å². The van der Waals surface area contributed by atoms with Crippen molar-refractivity contribution < 1.29 is 9.90 Å². The van der Waals surface area contributed by atoms with Gasteiger partial charge in [-0.15, -0.1) is 11.3 Å². The van der Waals surface area contributed by atoms with E-state index in [1.165, 1.54) is 15.6 Å². The summed E-state index contributed by atoms with van der Waals surface area (Å²) >= 11 is 1.73. The number of hydrogen-bond donors (Lipinski definition) is 1. The number of hydrogen-bond acceptors (Lipinski definition) is 2. The number of rotatable bonds is 4. The molecule has 2 aromatic rings. The molecule has 2 rings (SSSR count). The molecule has 0 saturated heterocycles. The maximum Gasteiger partial charge on any atom is 0.306 e. The fraction of sp³-hybridized carbons (Fsp3) is 0.308. The van der Waals surface area contributed by atoms with E-state index in [4.69, 9.17) is 5.11 Å². The predicted octanol–water partition coefficient (Wildman–Crippen LogP) is 3.55. The van der Waals surface area contributed by atoms with Gasteiger partial charge in [0.2, 0.25) is 0 Å². The number of fused-ring (bicyclic) bond motifs is 1. The number of thiophene rings is 1. The minimum absolute atomic E-state index is 0.265. The summed E-state index contributed by atoms with van der Waals surface area (Å²) < 4.78 is 1.28. The van der Waals surface area contributed by atoms with Crippen LogP contribution in [0, 0.1) is 5.92 Å². The molecule has 1 atom stereocenters. The van der Waals surface area contributed by atoms with Gasteiger partial charge >= 0.3 is 5.97 Å². The summed E-state index contributed by atoms with van der Waals surface area (Å²) in [5.74, 6) is -0.974. The monoisotopic (exact) mass is 234 g/mol. The molecule has 0 bridgehead atoms. The van der Waals surface area contributed by atoms with Gasteiger partial charge in [0.1, 0.15) is 0 Å². The third-order valence-corrected chi connectivity index (χ3v) is 3.84. The minimum Gasteiger partial charge on any atom is -0.481 e. The van der Waals surface area contributed by atoms with Crippen molar-refractivity contribution in [1.82, 2.24) is 0 Å². The van der Waals surface area contributed by atoms with Crippen LogP contribution >= 0.6 is 11.3 Å². The van der Waals surface area contributed by atoms with E-state index in [1.54, 1.807) is 18.3 Å². The molecule has 0 aliphatic heterocycles. The Hall–Kier alpha value is -1.35. The molecular weight excluding hydrogens is 220 g/mol. The van der Waals surface area contributed by atoms with E-state index < -0.39 is 5.97 Å². The third-order valence-electron chi connectivity index (χ3n) is 2.83. The lowest BCUT2D eigenvalue weighted by molar-refractivity contribution is -0.141. The van der Waals surface area contributed by atoms with E-state index in [2.05, 4.69) is 17.5 Å². The van der Waals surface area contributed by atoms with Crippen LogP contribution in [-0.2, 0) is 11.2 Å². The van der Waals surface area contributed by atoms with Crippen molar-refractivity contribution in [3.05, 3.63) is 35.2 Å². The molecule has 84 valence electrons. The van der Waals surface area contributed by atoms with Crippen molar-refractivity contribution in [2.45, 2.75) is 19.8 Å². The Morgan fingerprint density at radius 2 is 2.19 bits per heavy atom. The normalized spacial score (nSPS) is 12.8. The van der Waals surface area contributed by atoms with Gasteiger partial charge in [-0.05, 0) is 35.2 Å². The number of benzene rings is 1. The lowest BCUT2D eigenvalue weighted by Crippen LogP contribution is -2.10. The Balaban J connectivity index is 2.13. The van der Waals surface area contributed by atoms with Gasteiger partial charge in [0.25, 0.3) is 0 Å². The maximum atomic E-state index is 10.7. The first-order valence-electron chi connectivity index (χ1n) is 5.36. The van der Waals surface area contributed by atoms with Crippen LogP contribution in [0.2, 0.25) is 0 Å². The molecule has 1 heterocycles. The zero-order chi connectivity index (χ0) is 11.5.